The van der Waals surface area contributed by atoms with Crippen molar-refractivity contribution in [2.45, 2.75) is 57.8 Å². The smallest absolute Gasteiger partial charge is 0.255 e. The predicted octanol–water partition coefficient (Wildman–Crippen LogP) is 3.63. The zero-order chi connectivity index (χ0) is 27.1. The van der Waals surface area contributed by atoms with Gasteiger partial charge in [-0.25, -0.2) is 0 Å². The third-order valence-electron chi connectivity index (χ3n) is 8.61. The zero-order valence-corrected chi connectivity index (χ0v) is 22.5. The van der Waals surface area contributed by atoms with Crippen molar-refractivity contribution in [2.75, 3.05) is 26.2 Å². The Kier molecular flexibility index (Phi) is 6.89. The van der Waals surface area contributed by atoms with Gasteiger partial charge in [-0.1, -0.05) is 36.9 Å². The van der Waals surface area contributed by atoms with E-state index in [4.69, 9.17) is 4.74 Å². The fourth-order valence-corrected chi connectivity index (χ4v) is 5.95. The summed E-state index contributed by atoms with van der Waals surface area (Å²) in [6, 6.07) is 13.8. The highest BCUT2D eigenvalue weighted by Gasteiger charge is 2.39. The van der Waals surface area contributed by atoms with Crippen LogP contribution in [0.4, 0.5) is 0 Å². The molecule has 2 saturated heterocycles. The van der Waals surface area contributed by atoms with Gasteiger partial charge in [0.1, 0.15) is 18.4 Å². The average Bonchev–Trinajstić information content (AvgIpc) is 3.75. The van der Waals surface area contributed by atoms with E-state index in [1.807, 2.05) is 23.1 Å². The van der Waals surface area contributed by atoms with E-state index in [-0.39, 0.29) is 17.9 Å². The summed E-state index contributed by atoms with van der Waals surface area (Å²) in [5, 5.41) is 2.78. The van der Waals surface area contributed by atoms with Crippen LogP contribution in [0.5, 0.6) is 5.75 Å². The van der Waals surface area contributed by atoms with Crippen LogP contribution in [0.25, 0.3) is 0 Å². The summed E-state index contributed by atoms with van der Waals surface area (Å²) in [7, 11) is 0. The molecule has 4 aliphatic rings. The van der Waals surface area contributed by atoms with Crippen LogP contribution in [0.1, 0.15) is 65.7 Å². The lowest BCUT2D eigenvalue weighted by Gasteiger charge is -2.38. The average molecular weight is 529 g/mol. The molecular formula is C31H36N4O4. The molecule has 2 atom stereocenters. The highest BCUT2D eigenvalue weighted by Crippen LogP contribution is 2.35. The number of piperidine rings is 1. The number of hydrogen-bond acceptors (Lipinski definition) is 5. The van der Waals surface area contributed by atoms with Gasteiger partial charge in [-0.15, -0.1) is 0 Å². The fraction of sp³-hybridized carbons (Fsp3) is 0.452. The number of nitrogens with one attached hydrogen (secondary N) is 1. The van der Waals surface area contributed by atoms with Crippen molar-refractivity contribution < 1.29 is 19.1 Å². The number of allylic oxidation sites excluding steroid dienone is 1. The van der Waals surface area contributed by atoms with Crippen LogP contribution < -0.4 is 10.1 Å². The third kappa shape index (κ3) is 5.17. The summed E-state index contributed by atoms with van der Waals surface area (Å²) in [4.78, 5) is 44.1. The van der Waals surface area contributed by atoms with E-state index in [0.29, 0.717) is 54.8 Å². The molecule has 204 valence electrons. The summed E-state index contributed by atoms with van der Waals surface area (Å²) in [6.45, 7) is 10.2. The molecule has 3 fully saturated rings. The van der Waals surface area contributed by atoms with E-state index in [1.54, 1.807) is 4.90 Å². The van der Waals surface area contributed by atoms with Crippen LogP contribution in [0, 0.1) is 5.92 Å². The number of nitrogens with zero attached hydrogens (tertiary/aromatic N) is 3. The summed E-state index contributed by atoms with van der Waals surface area (Å²) >= 11 is 0. The first-order valence-corrected chi connectivity index (χ1v) is 14.0. The van der Waals surface area contributed by atoms with Crippen molar-refractivity contribution in [2.24, 2.45) is 5.92 Å². The molecule has 6 rings (SSSR count). The first kappa shape index (κ1) is 25.6. The third-order valence-corrected chi connectivity index (χ3v) is 8.61. The van der Waals surface area contributed by atoms with Crippen molar-refractivity contribution in [3.05, 3.63) is 77.0 Å². The highest BCUT2D eigenvalue weighted by molar-refractivity contribution is 6.02. The summed E-state index contributed by atoms with van der Waals surface area (Å²) in [5.74, 6) is 1.02. The summed E-state index contributed by atoms with van der Waals surface area (Å²) in [5.41, 5.74) is 4.44. The number of fused-ring (bicyclic) bond motifs is 1. The van der Waals surface area contributed by atoms with Crippen LogP contribution in [-0.4, -0.2) is 64.6 Å². The van der Waals surface area contributed by atoms with Gasteiger partial charge in [0, 0.05) is 55.0 Å². The van der Waals surface area contributed by atoms with Gasteiger partial charge >= 0.3 is 0 Å². The topological polar surface area (TPSA) is 82.2 Å². The number of piperazine rings is 1. The molecule has 2 aromatic rings. The lowest BCUT2D eigenvalue weighted by Crippen LogP contribution is -2.49. The van der Waals surface area contributed by atoms with Gasteiger partial charge in [0.15, 0.2) is 0 Å². The number of benzene rings is 2. The van der Waals surface area contributed by atoms with Crippen molar-refractivity contribution in [3.63, 3.8) is 0 Å². The van der Waals surface area contributed by atoms with Gasteiger partial charge in [-0.05, 0) is 55.9 Å². The van der Waals surface area contributed by atoms with Gasteiger partial charge in [0.25, 0.3) is 5.91 Å². The van der Waals surface area contributed by atoms with Crippen molar-refractivity contribution >= 4 is 17.7 Å². The van der Waals surface area contributed by atoms with Gasteiger partial charge in [-0.2, -0.15) is 0 Å². The second-order valence-electron chi connectivity index (χ2n) is 11.2. The molecule has 1 saturated carbocycles. The number of hydrogen-bond donors (Lipinski definition) is 1. The lowest BCUT2D eigenvalue weighted by atomic mass is 10.0. The quantitative estimate of drug-likeness (QED) is 0.594. The molecule has 0 aromatic heterocycles. The second-order valence-corrected chi connectivity index (χ2v) is 11.2. The van der Waals surface area contributed by atoms with Crippen LogP contribution >= 0.6 is 0 Å². The van der Waals surface area contributed by atoms with Gasteiger partial charge in [0.05, 0.1) is 6.54 Å². The van der Waals surface area contributed by atoms with Crippen molar-refractivity contribution in [3.8, 4) is 5.75 Å². The standard InChI is InChI=1S/C31H36N4O4/c1-20-6-13-27(29(36)32-20)35-18-26-25(31(35)38)4-3-5-28(26)39-19-22-7-9-23(10-8-22)21(2)33-14-16-34(17-15-33)30(37)24-11-12-24/h3-5,7-10,21,24,27H,1,6,11-19H2,2H3,(H,32,36)/t21-,27+/m1/s1. The molecule has 0 unspecified atom stereocenters. The monoisotopic (exact) mass is 528 g/mol. The Bertz CT molecular complexity index is 1290. The summed E-state index contributed by atoms with van der Waals surface area (Å²) in [6.07, 6.45) is 3.38. The van der Waals surface area contributed by atoms with Crippen LogP contribution in [0.15, 0.2) is 54.7 Å². The Hall–Kier alpha value is -3.65. The molecule has 8 heteroatoms. The Morgan fingerprint density at radius 3 is 2.49 bits per heavy atom. The fourth-order valence-electron chi connectivity index (χ4n) is 5.95. The van der Waals surface area contributed by atoms with E-state index in [9.17, 15) is 14.4 Å². The van der Waals surface area contributed by atoms with Crippen LogP contribution in [0.2, 0.25) is 0 Å². The number of amides is 3. The first-order valence-electron chi connectivity index (χ1n) is 14.0. The maximum Gasteiger partial charge on any atom is 0.255 e. The number of carbonyl (C=O) groups is 3. The lowest BCUT2D eigenvalue weighted by molar-refractivity contribution is -0.134. The number of ether oxygens (including phenoxy) is 1. The van der Waals surface area contributed by atoms with E-state index in [0.717, 1.165) is 50.1 Å². The predicted molar refractivity (Wildman–Crippen MR) is 147 cm³/mol. The molecule has 1 N–H and O–H groups in total. The normalized spacial score (nSPS) is 22.5. The zero-order valence-electron chi connectivity index (χ0n) is 22.5. The Morgan fingerprint density at radius 1 is 1.05 bits per heavy atom. The van der Waals surface area contributed by atoms with E-state index in [1.165, 1.54) is 5.56 Å². The maximum absolute atomic E-state index is 13.1. The second kappa shape index (κ2) is 10.5. The number of carbonyl (C=O) groups excluding carboxylic acids is 3. The van der Waals surface area contributed by atoms with Crippen LogP contribution in [-0.2, 0) is 22.7 Å². The van der Waals surface area contributed by atoms with Crippen molar-refractivity contribution in [1.29, 1.82) is 0 Å². The molecule has 2 aromatic carbocycles. The molecule has 0 bridgehead atoms. The van der Waals surface area contributed by atoms with Crippen LogP contribution in [0.3, 0.4) is 0 Å². The van der Waals surface area contributed by atoms with Gasteiger partial charge in [-0.3, -0.25) is 19.3 Å². The first-order chi connectivity index (χ1) is 18.9. The molecule has 39 heavy (non-hydrogen) atoms. The van der Waals surface area contributed by atoms with E-state index in [2.05, 4.69) is 48.0 Å². The molecule has 3 aliphatic heterocycles. The Morgan fingerprint density at radius 2 is 1.79 bits per heavy atom. The minimum atomic E-state index is -0.487. The molecule has 8 nitrogen and oxygen atoms in total. The SMILES string of the molecule is C=C1CC[C@H](N2Cc3c(OCc4ccc([C@@H](C)N5CCN(C(=O)C6CC6)CC5)cc4)cccc3C2=O)C(=O)N1. The Balaban J connectivity index is 1.05. The highest BCUT2D eigenvalue weighted by atomic mass is 16.5. The minimum Gasteiger partial charge on any atom is -0.489 e. The molecule has 0 spiro atoms. The molecule has 3 amide bonds. The number of rotatable bonds is 7. The summed E-state index contributed by atoms with van der Waals surface area (Å²) < 4.78 is 6.20. The van der Waals surface area contributed by atoms with E-state index < -0.39 is 6.04 Å². The molecule has 1 aliphatic carbocycles. The molecular weight excluding hydrogens is 492 g/mol. The molecule has 0 radical (unpaired) electrons. The van der Waals surface area contributed by atoms with Gasteiger partial charge in [0.2, 0.25) is 11.8 Å². The minimum absolute atomic E-state index is 0.126. The van der Waals surface area contributed by atoms with E-state index >= 15 is 0 Å². The van der Waals surface area contributed by atoms with Crippen molar-refractivity contribution in [1.82, 2.24) is 20.0 Å². The molecule has 3 heterocycles. The maximum atomic E-state index is 13.1. The largest absolute Gasteiger partial charge is 0.489 e. The van der Waals surface area contributed by atoms with Gasteiger partial charge < -0.3 is 19.9 Å². The Labute approximate surface area is 229 Å².